The Labute approximate surface area is 112 Å². The van der Waals surface area contributed by atoms with Crippen LogP contribution >= 0.6 is 11.6 Å². The quantitative estimate of drug-likeness (QED) is 0.785. The molecular weight excluding hydrogens is 283 g/mol. The van der Waals surface area contributed by atoms with Gasteiger partial charge in [-0.15, -0.1) is 0 Å². The number of halogens is 4. The summed E-state index contributed by atoms with van der Waals surface area (Å²) in [7, 11) is 0. The SMILES string of the molecule is O=C(Cl)c1ccc(C(F)(F)F)nc1C1CCOCC1. The van der Waals surface area contributed by atoms with Gasteiger partial charge >= 0.3 is 6.18 Å². The van der Waals surface area contributed by atoms with E-state index in [0.717, 1.165) is 12.1 Å². The molecule has 1 aromatic rings. The second-order valence-electron chi connectivity index (χ2n) is 4.29. The molecule has 0 spiro atoms. The van der Waals surface area contributed by atoms with Gasteiger partial charge < -0.3 is 4.74 Å². The second kappa shape index (κ2) is 5.46. The van der Waals surface area contributed by atoms with Crippen molar-refractivity contribution in [2.45, 2.75) is 24.9 Å². The summed E-state index contributed by atoms with van der Waals surface area (Å²) >= 11 is 5.40. The maximum atomic E-state index is 12.7. The molecule has 104 valence electrons. The van der Waals surface area contributed by atoms with Crippen LogP contribution in [-0.4, -0.2) is 23.4 Å². The van der Waals surface area contributed by atoms with Crippen molar-refractivity contribution in [3.63, 3.8) is 0 Å². The number of aromatic nitrogens is 1. The van der Waals surface area contributed by atoms with Crippen LogP contribution in [-0.2, 0) is 10.9 Å². The van der Waals surface area contributed by atoms with Crippen LogP contribution in [0.3, 0.4) is 0 Å². The van der Waals surface area contributed by atoms with E-state index < -0.39 is 17.1 Å². The van der Waals surface area contributed by atoms with E-state index in [9.17, 15) is 18.0 Å². The van der Waals surface area contributed by atoms with Gasteiger partial charge in [0.25, 0.3) is 5.24 Å². The number of pyridine rings is 1. The largest absolute Gasteiger partial charge is 0.433 e. The van der Waals surface area contributed by atoms with Crippen molar-refractivity contribution in [1.82, 2.24) is 4.98 Å². The summed E-state index contributed by atoms with van der Waals surface area (Å²) in [4.78, 5) is 14.9. The van der Waals surface area contributed by atoms with E-state index in [4.69, 9.17) is 16.3 Å². The Morgan fingerprint density at radius 3 is 2.47 bits per heavy atom. The zero-order valence-electron chi connectivity index (χ0n) is 9.84. The Hall–Kier alpha value is -1.14. The predicted molar refractivity (Wildman–Crippen MR) is 62.2 cm³/mol. The van der Waals surface area contributed by atoms with E-state index in [1.165, 1.54) is 0 Å². The Bertz CT molecular complexity index is 484. The van der Waals surface area contributed by atoms with Crippen molar-refractivity contribution >= 4 is 16.8 Å². The molecule has 2 rings (SSSR count). The number of ether oxygens (including phenoxy) is 1. The number of rotatable bonds is 2. The minimum absolute atomic E-state index is 0.0431. The van der Waals surface area contributed by atoms with Gasteiger partial charge in [-0.1, -0.05) is 0 Å². The van der Waals surface area contributed by atoms with Crippen LogP contribution in [0.4, 0.5) is 13.2 Å². The first-order valence-corrected chi connectivity index (χ1v) is 6.13. The highest BCUT2D eigenvalue weighted by atomic mass is 35.5. The first-order chi connectivity index (χ1) is 8.89. The van der Waals surface area contributed by atoms with E-state index in [0.29, 0.717) is 26.1 Å². The first-order valence-electron chi connectivity index (χ1n) is 5.75. The molecule has 0 aliphatic carbocycles. The zero-order chi connectivity index (χ0) is 14.0. The molecule has 0 unspecified atom stereocenters. The summed E-state index contributed by atoms with van der Waals surface area (Å²) in [6.07, 6.45) is -3.47. The van der Waals surface area contributed by atoms with Crippen LogP contribution in [0, 0.1) is 0 Å². The van der Waals surface area contributed by atoms with Crippen molar-refractivity contribution in [2.75, 3.05) is 13.2 Å². The first kappa shape index (κ1) is 14.3. The molecule has 1 fully saturated rings. The lowest BCUT2D eigenvalue weighted by molar-refractivity contribution is -0.141. The number of carbonyl (C=O) groups is 1. The molecule has 2 heterocycles. The fraction of sp³-hybridized carbons (Fsp3) is 0.500. The third-order valence-corrected chi connectivity index (χ3v) is 3.24. The molecule has 0 atom stereocenters. The van der Waals surface area contributed by atoms with E-state index in [1.807, 2.05) is 0 Å². The molecule has 0 saturated carbocycles. The average Bonchev–Trinajstić information content (AvgIpc) is 2.38. The van der Waals surface area contributed by atoms with Crippen LogP contribution in [0.1, 0.15) is 40.5 Å². The van der Waals surface area contributed by atoms with Gasteiger partial charge in [0.1, 0.15) is 5.69 Å². The molecule has 1 aliphatic rings. The van der Waals surface area contributed by atoms with Gasteiger partial charge in [0.15, 0.2) is 0 Å². The fourth-order valence-electron chi connectivity index (χ4n) is 2.08. The summed E-state index contributed by atoms with van der Waals surface area (Å²) in [5.41, 5.74) is -0.838. The van der Waals surface area contributed by atoms with E-state index in [-0.39, 0.29) is 17.2 Å². The molecule has 0 radical (unpaired) electrons. The smallest absolute Gasteiger partial charge is 0.381 e. The molecular formula is C12H11ClF3NO2. The molecule has 0 N–H and O–H groups in total. The summed E-state index contributed by atoms with van der Waals surface area (Å²) in [6, 6.07) is 1.87. The van der Waals surface area contributed by atoms with Crippen molar-refractivity contribution in [3.05, 3.63) is 29.1 Å². The monoisotopic (exact) mass is 293 g/mol. The van der Waals surface area contributed by atoms with Gasteiger partial charge in [0, 0.05) is 19.1 Å². The van der Waals surface area contributed by atoms with Crippen molar-refractivity contribution in [2.24, 2.45) is 0 Å². The third kappa shape index (κ3) is 3.25. The number of carbonyl (C=O) groups excluding carboxylic acids is 1. The maximum absolute atomic E-state index is 12.7. The molecule has 1 aromatic heterocycles. The van der Waals surface area contributed by atoms with Crippen molar-refractivity contribution in [1.29, 1.82) is 0 Å². The standard InChI is InChI=1S/C12H11ClF3NO2/c13-11(18)8-1-2-9(12(14,15)16)17-10(8)7-3-5-19-6-4-7/h1-2,7H,3-6H2. The molecule has 1 aliphatic heterocycles. The summed E-state index contributed by atoms with van der Waals surface area (Å²) in [6.45, 7) is 0.886. The zero-order valence-corrected chi connectivity index (χ0v) is 10.6. The molecule has 7 heteroatoms. The van der Waals surface area contributed by atoms with E-state index in [1.54, 1.807) is 0 Å². The topological polar surface area (TPSA) is 39.2 Å². The van der Waals surface area contributed by atoms with Gasteiger partial charge in [-0.3, -0.25) is 4.79 Å². The third-order valence-electron chi connectivity index (χ3n) is 3.03. The number of nitrogens with zero attached hydrogens (tertiary/aromatic N) is 1. The fourth-order valence-corrected chi connectivity index (χ4v) is 2.24. The van der Waals surface area contributed by atoms with Gasteiger partial charge in [-0.25, -0.2) is 4.98 Å². The summed E-state index contributed by atoms with van der Waals surface area (Å²) in [5.74, 6) is -0.228. The normalized spacial score (nSPS) is 17.5. The van der Waals surface area contributed by atoms with Crippen molar-refractivity contribution in [3.8, 4) is 0 Å². The molecule has 0 bridgehead atoms. The summed E-state index contributed by atoms with van der Waals surface area (Å²) in [5, 5.41) is -0.789. The van der Waals surface area contributed by atoms with Gasteiger partial charge in [-0.05, 0) is 36.6 Å². The Morgan fingerprint density at radius 1 is 1.32 bits per heavy atom. The van der Waals surface area contributed by atoms with Crippen LogP contribution < -0.4 is 0 Å². The molecule has 0 amide bonds. The van der Waals surface area contributed by atoms with Crippen LogP contribution in [0.5, 0.6) is 0 Å². The van der Waals surface area contributed by atoms with Gasteiger partial charge in [0.05, 0.1) is 11.3 Å². The van der Waals surface area contributed by atoms with Gasteiger partial charge in [-0.2, -0.15) is 13.2 Å². The molecule has 1 saturated heterocycles. The number of hydrogen-bond acceptors (Lipinski definition) is 3. The Morgan fingerprint density at radius 2 is 1.95 bits per heavy atom. The molecule has 0 aromatic carbocycles. The van der Waals surface area contributed by atoms with Gasteiger partial charge in [0.2, 0.25) is 0 Å². The lowest BCUT2D eigenvalue weighted by Crippen LogP contribution is -2.19. The number of alkyl halides is 3. The van der Waals surface area contributed by atoms with Crippen molar-refractivity contribution < 1.29 is 22.7 Å². The highest BCUT2D eigenvalue weighted by Crippen LogP contribution is 2.33. The molecule has 19 heavy (non-hydrogen) atoms. The molecule has 3 nitrogen and oxygen atoms in total. The minimum Gasteiger partial charge on any atom is -0.381 e. The second-order valence-corrected chi connectivity index (χ2v) is 4.63. The van der Waals surface area contributed by atoms with Crippen LogP contribution in [0.2, 0.25) is 0 Å². The van der Waals surface area contributed by atoms with E-state index >= 15 is 0 Å². The highest BCUT2D eigenvalue weighted by Gasteiger charge is 2.34. The lowest BCUT2D eigenvalue weighted by Gasteiger charge is -2.23. The summed E-state index contributed by atoms with van der Waals surface area (Å²) < 4.78 is 43.1. The maximum Gasteiger partial charge on any atom is 0.433 e. The lowest BCUT2D eigenvalue weighted by atomic mass is 9.92. The highest BCUT2D eigenvalue weighted by molar-refractivity contribution is 6.67. The van der Waals surface area contributed by atoms with Crippen LogP contribution in [0.15, 0.2) is 12.1 Å². The number of hydrogen-bond donors (Lipinski definition) is 0. The van der Waals surface area contributed by atoms with Crippen LogP contribution in [0.25, 0.3) is 0 Å². The van der Waals surface area contributed by atoms with E-state index in [2.05, 4.69) is 4.98 Å². The average molecular weight is 294 g/mol. The predicted octanol–water partition coefficient (Wildman–Crippen LogP) is 3.37. The Kier molecular flexibility index (Phi) is 4.10. The Balaban J connectivity index is 2.44. The minimum atomic E-state index is -4.53.